The van der Waals surface area contributed by atoms with Crippen LogP contribution >= 0.6 is 0 Å². The van der Waals surface area contributed by atoms with E-state index < -0.39 is 40.5 Å². The van der Waals surface area contributed by atoms with E-state index in [9.17, 15) is 28.3 Å². The van der Waals surface area contributed by atoms with Crippen molar-refractivity contribution in [2.45, 2.75) is 19.8 Å². The molecule has 1 aliphatic rings. The Balaban J connectivity index is 2.88. The summed E-state index contributed by atoms with van der Waals surface area (Å²) in [5, 5.41) is 9.19. The Hall–Kier alpha value is -2.64. The van der Waals surface area contributed by atoms with Gasteiger partial charge in [-0.25, -0.2) is 9.78 Å². The number of allylic oxidation sites excluding steroid dienone is 1. The second-order valence-electron chi connectivity index (χ2n) is 4.33. The monoisotopic (exact) mass is 297 g/mol. The van der Waals surface area contributed by atoms with Crippen molar-refractivity contribution in [3.8, 4) is 5.75 Å². The fourth-order valence-corrected chi connectivity index (χ4v) is 2.00. The van der Waals surface area contributed by atoms with E-state index in [1.807, 2.05) is 0 Å². The fourth-order valence-electron chi connectivity index (χ4n) is 2.00. The Kier molecular flexibility index (Phi) is 3.32. The SMILES string of the molecule is CC(=O)Oc1c(C)nc2c(c1C(=O)O)C(F)(F)C(=O)C=C2. The zero-order chi connectivity index (χ0) is 15.9. The summed E-state index contributed by atoms with van der Waals surface area (Å²) in [6, 6.07) is 0. The number of carboxylic acids is 1. The summed E-state index contributed by atoms with van der Waals surface area (Å²) in [6.45, 7) is 2.31. The molecule has 0 aliphatic heterocycles. The first-order valence-corrected chi connectivity index (χ1v) is 5.73. The highest BCUT2D eigenvalue weighted by Crippen LogP contribution is 2.41. The van der Waals surface area contributed by atoms with Crippen LogP contribution in [0.1, 0.15) is 34.2 Å². The molecule has 1 N–H and O–H groups in total. The largest absolute Gasteiger partial charge is 0.478 e. The minimum Gasteiger partial charge on any atom is -0.478 e. The van der Waals surface area contributed by atoms with Crippen molar-refractivity contribution in [2.24, 2.45) is 0 Å². The van der Waals surface area contributed by atoms with Crippen molar-refractivity contribution in [3.63, 3.8) is 0 Å². The number of pyridine rings is 1. The molecular formula is C13H9F2NO5. The Morgan fingerprint density at radius 1 is 1.33 bits per heavy atom. The second kappa shape index (κ2) is 4.72. The molecule has 1 aromatic heterocycles. The number of hydrogen-bond acceptors (Lipinski definition) is 5. The maximum Gasteiger partial charge on any atom is 0.340 e. The van der Waals surface area contributed by atoms with Crippen molar-refractivity contribution in [1.82, 2.24) is 4.98 Å². The molecule has 1 heterocycles. The van der Waals surface area contributed by atoms with Crippen LogP contribution in [0.3, 0.4) is 0 Å². The molecule has 0 spiro atoms. The van der Waals surface area contributed by atoms with Crippen LogP contribution in [0.25, 0.3) is 6.08 Å². The maximum absolute atomic E-state index is 14.0. The molecule has 0 atom stereocenters. The number of alkyl halides is 2. The summed E-state index contributed by atoms with van der Waals surface area (Å²) in [7, 11) is 0. The van der Waals surface area contributed by atoms with Crippen molar-refractivity contribution in [2.75, 3.05) is 0 Å². The Labute approximate surface area is 117 Å². The van der Waals surface area contributed by atoms with Crippen LogP contribution in [0.5, 0.6) is 5.75 Å². The minimum absolute atomic E-state index is 0.0452. The Bertz CT molecular complexity index is 709. The molecule has 0 saturated heterocycles. The molecule has 6 nitrogen and oxygen atoms in total. The molecule has 0 unspecified atom stereocenters. The van der Waals surface area contributed by atoms with Gasteiger partial charge >= 0.3 is 17.9 Å². The molecule has 0 radical (unpaired) electrons. The first kappa shape index (κ1) is 14.8. The van der Waals surface area contributed by atoms with E-state index >= 15 is 0 Å². The topological polar surface area (TPSA) is 93.6 Å². The summed E-state index contributed by atoms with van der Waals surface area (Å²) >= 11 is 0. The lowest BCUT2D eigenvalue weighted by Gasteiger charge is -2.23. The maximum atomic E-state index is 14.0. The van der Waals surface area contributed by atoms with E-state index in [0.717, 1.165) is 13.0 Å². The lowest BCUT2D eigenvalue weighted by molar-refractivity contribution is -0.139. The van der Waals surface area contributed by atoms with E-state index in [1.54, 1.807) is 0 Å². The first-order chi connectivity index (χ1) is 9.66. The van der Waals surface area contributed by atoms with Gasteiger partial charge in [0.05, 0.1) is 17.0 Å². The number of fused-ring (bicyclic) bond motifs is 1. The first-order valence-electron chi connectivity index (χ1n) is 5.73. The van der Waals surface area contributed by atoms with E-state index in [1.165, 1.54) is 6.92 Å². The van der Waals surface area contributed by atoms with Gasteiger partial charge in [0.15, 0.2) is 5.75 Å². The van der Waals surface area contributed by atoms with Gasteiger partial charge < -0.3 is 9.84 Å². The van der Waals surface area contributed by atoms with Gasteiger partial charge in [-0.2, -0.15) is 8.78 Å². The molecule has 2 rings (SSSR count). The number of aryl methyl sites for hydroxylation is 1. The molecule has 0 saturated carbocycles. The number of esters is 1. The number of aromatic nitrogens is 1. The van der Waals surface area contributed by atoms with Gasteiger partial charge in [-0.3, -0.25) is 9.59 Å². The number of ketones is 1. The average Bonchev–Trinajstić information content (AvgIpc) is 2.35. The van der Waals surface area contributed by atoms with Crippen molar-refractivity contribution in [1.29, 1.82) is 0 Å². The Morgan fingerprint density at radius 2 is 1.95 bits per heavy atom. The lowest BCUT2D eigenvalue weighted by Crippen LogP contribution is -2.31. The number of halogens is 2. The predicted molar refractivity (Wildman–Crippen MR) is 65.2 cm³/mol. The zero-order valence-corrected chi connectivity index (χ0v) is 10.9. The van der Waals surface area contributed by atoms with Crippen LogP contribution in [0, 0.1) is 6.92 Å². The highest BCUT2D eigenvalue weighted by Gasteiger charge is 2.48. The van der Waals surface area contributed by atoms with E-state index in [2.05, 4.69) is 9.72 Å². The number of aromatic carboxylic acids is 1. The van der Waals surface area contributed by atoms with Crippen LogP contribution in [-0.2, 0) is 15.5 Å². The number of carbonyl (C=O) groups excluding carboxylic acids is 2. The lowest BCUT2D eigenvalue weighted by atomic mass is 9.91. The summed E-state index contributed by atoms with van der Waals surface area (Å²) in [4.78, 5) is 37.4. The van der Waals surface area contributed by atoms with Crippen molar-refractivity contribution >= 4 is 23.8 Å². The van der Waals surface area contributed by atoms with E-state index in [-0.39, 0.29) is 11.4 Å². The molecular weight excluding hydrogens is 288 g/mol. The van der Waals surface area contributed by atoms with Gasteiger partial charge in [0.2, 0.25) is 5.78 Å². The zero-order valence-electron chi connectivity index (χ0n) is 10.9. The van der Waals surface area contributed by atoms with Crippen LogP contribution in [0.2, 0.25) is 0 Å². The van der Waals surface area contributed by atoms with Gasteiger partial charge in [0.25, 0.3) is 0 Å². The molecule has 0 fully saturated rings. The third-order valence-corrected chi connectivity index (χ3v) is 2.83. The number of ether oxygens (including phenoxy) is 1. The molecule has 21 heavy (non-hydrogen) atoms. The van der Waals surface area contributed by atoms with Crippen LogP contribution in [0.15, 0.2) is 6.08 Å². The average molecular weight is 297 g/mol. The molecule has 1 aliphatic carbocycles. The number of rotatable bonds is 2. The molecule has 0 bridgehead atoms. The van der Waals surface area contributed by atoms with Gasteiger partial charge in [-0.05, 0) is 19.1 Å². The smallest absolute Gasteiger partial charge is 0.340 e. The minimum atomic E-state index is -4.05. The van der Waals surface area contributed by atoms with Gasteiger partial charge in [0, 0.05) is 6.92 Å². The number of carbonyl (C=O) groups is 3. The molecule has 0 aromatic carbocycles. The number of carboxylic acid groups (broad SMARTS) is 1. The normalized spacial score (nSPS) is 15.5. The highest BCUT2D eigenvalue weighted by atomic mass is 19.3. The van der Waals surface area contributed by atoms with Crippen molar-refractivity contribution in [3.05, 3.63) is 28.6 Å². The van der Waals surface area contributed by atoms with Crippen molar-refractivity contribution < 1.29 is 33.0 Å². The highest BCUT2D eigenvalue weighted by molar-refractivity contribution is 6.06. The molecule has 110 valence electrons. The summed E-state index contributed by atoms with van der Waals surface area (Å²) < 4.78 is 32.7. The summed E-state index contributed by atoms with van der Waals surface area (Å²) in [6.07, 6.45) is 1.64. The second-order valence-corrected chi connectivity index (χ2v) is 4.33. The van der Waals surface area contributed by atoms with Crippen LogP contribution in [0.4, 0.5) is 8.78 Å². The summed E-state index contributed by atoms with van der Waals surface area (Å²) in [5.74, 6) is -8.82. The van der Waals surface area contributed by atoms with E-state index in [4.69, 9.17) is 0 Å². The quantitative estimate of drug-likeness (QED) is 0.835. The molecule has 0 amide bonds. The fraction of sp³-hybridized carbons (Fsp3) is 0.231. The third kappa shape index (κ3) is 2.28. The molecule has 1 aromatic rings. The van der Waals surface area contributed by atoms with Gasteiger partial charge in [-0.1, -0.05) is 0 Å². The number of hydrogen-bond donors (Lipinski definition) is 1. The van der Waals surface area contributed by atoms with Gasteiger partial charge in [0.1, 0.15) is 5.56 Å². The van der Waals surface area contributed by atoms with Crippen LogP contribution < -0.4 is 4.74 Å². The Morgan fingerprint density at radius 3 is 2.48 bits per heavy atom. The van der Waals surface area contributed by atoms with E-state index in [0.29, 0.717) is 6.08 Å². The standard InChI is InChI=1S/C13H9F2NO5/c1-5-11(21-6(2)17)9(12(19)20)10-7(16-5)3-4-8(18)13(10,14)15/h3-4H,1-2H3,(H,19,20). The van der Waals surface area contributed by atoms with Crippen LogP contribution in [-0.4, -0.2) is 27.8 Å². The third-order valence-electron chi connectivity index (χ3n) is 2.83. The molecule has 8 heteroatoms. The van der Waals surface area contributed by atoms with Gasteiger partial charge in [-0.15, -0.1) is 0 Å². The number of nitrogens with zero attached hydrogens (tertiary/aromatic N) is 1. The predicted octanol–water partition coefficient (Wildman–Crippen LogP) is 1.70. The summed E-state index contributed by atoms with van der Waals surface area (Å²) in [5.41, 5.74) is -2.39.